The number of hydrogen-bond acceptors (Lipinski definition) is 28. The summed E-state index contributed by atoms with van der Waals surface area (Å²) in [5, 5.41) is 66.2. The number of carboxylic acids is 1. The van der Waals surface area contributed by atoms with Gasteiger partial charge in [-0.1, -0.05) is 75.6 Å². The number of ether oxygens (including phenoxy) is 1. The van der Waals surface area contributed by atoms with E-state index < -0.39 is 235 Å². The number of aliphatic carboxylic acids is 1. The summed E-state index contributed by atoms with van der Waals surface area (Å²) in [5.41, 5.74) is 38.8. The molecule has 782 valence electrons. The van der Waals surface area contributed by atoms with Crippen molar-refractivity contribution in [3.63, 3.8) is 0 Å². The molecule has 48 nitrogen and oxygen atoms in total. The van der Waals surface area contributed by atoms with Gasteiger partial charge in [0.25, 0.3) is 0 Å². The second-order valence-corrected chi connectivity index (χ2v) is 37.5. The van der Waals surface area contributed by atoms with E-state index in [4.69, 9.17) is 38.9 Å². The minimum Gasteiger partial charge on any atom is -0.508 e. The number of nitrogens with one attached hydrogen (secondary N) is 16. The molecule has 4 saturated heterocycles. The lowest BCUT2D eigenvalue weighted by molar-refractivity contribution is -0.148. The van der Waals surface area contributed by atoms with Crippen LogP contribution in [0.25, 0.3) is 10.4 Å². The Morgan fingerprint density at radius 1 is 0.489 bits per heavy atom. The summed E-state index contributed by atoms with van der Waals surface area (Å²) in [5.74, 6) is -15.9. The molecule has 18 atom stereocenters. The normalized spacial score (nSPS) is 18.5. The lowest BCUT2D eigenvalue weighted by Crippen LogP contribution is -2.62. The van der Waals surface area contributed by atoms with Gasteiger partial charge in [0, 0.05) is 54.0 Å². The van der Waals surface area contributed by atoms with Crippen molar-refractivity contribution in [3.8, 4) is 5.75 Å². The lowest BCUT2D eigenvalue weighted by Gasteiger charge is -2.31. The Morgan fingerprint density at radius 3 is 1.51 bits per heavy atom. The average Bonchev–Trinajstić information content (AvgIpc) is 1.68. The van der Waals surface area contributed by atoms with Crippen LogP contribution in [0.3, 0.4) is 0 Å². The summed E-state index contributed by atoms with van der Waals surface area (Å²) in [7, 11) is 0. The summed E-state index contributed by atoms with van der Waals surface area (Å²) in [4.78, 5) is 268. The van der Waals surface area contributed by atoms with E-state index in [1.807, 2.05) is 0 Å². The van der Waals surface area contributed by atoms with E-state index in [0.717, 1.165) is 18.6 Å². The van der Waals surface area contributed by atoms with Crippen LogP contribution in [-0.2, 0) is 104 Å². The van der Waals surface area contributed by atoms with Gasteiger partial charge in [-0.2, -0.15) is 11.8 Å². The van der Waals surface area contributed by atoms with Crippen LogP contribution in [0.15, 0.2) is 53.6 Å². The number of carbonyl (C=O) groups excluding carboxylic acids is 18. The number of benzene rings is 2. The molecule has 0 unspecified atom stereocenters. The number of unbranched alkanes of at least 4 members (excludes halogenated alkanes) is 5. The summed E-state index contributed by atoms with van der Waals surface area (Å²) in [6, 6.07) is -7.31. The summed E-state index contributed by atoms with van der Waals surface area (Å²) in [6.07, 6.45) is 5.16. The molecule has 4 fully saturated rings. The zero-order chi connectivity index (χ0) is 104. The molecule has 2 aromatic carbocycles. The Bertz CT molecular complexity index is 4610. The summed E-state index contributed by atoms with van der Waals surface area (Å²) < 4.78 is 5.60. The monoisotopic (exact) mass is 2000 g/mol. The fourth-order valence-corrected chi connectivity index (χ4v) is 18.1. The van der Waals surface area contributed by atoms with Gasteiger partial charge in [0.2, 0.25) is 94.5 Å². The molecule has 141 heavy (non-hydrogen) atoms. The largest absolute Gasteiger partial charge is 0.508 e. The Kier molecular flexibility index (Phi) is 50.8. The van der Waals surface area contributed by atoms with Crippen LogP contribution >= 0.6 is 11.8 Å². The molecular formula is C92H146N26O22S. The van der Waals surface area contributed by atoms with E-state index in [-0.39, 0.29) is 138 Å². The first-order valence-electron chi connectivity index (χ1n) is 48.6. The van der Waals surface area contributed by atoms with Crippen molar-refractivity contribution in [3.05, 3.63) is 70.1 Å². The van der Waals surface area contributed by atoms with Crippen molar-refractivity contribution in [1.29, 1.82) is 0 Å². The Balaban J connectivity index is 1.10. The molecule has 0 radical (unpaired) electrons. The smallest absolute Gasteiger partial charge is 0.328 e. The molecule has 0 bridgehead atoms. The first kappa shape index (κ1) is 117. The van der Waals surface area contributed by atoms with Gasteiger partial charge in [0.15, 0.2) is 0 Å². The van der Waals surface area contributed by atoms with E-state index >= 15 is 4.79 Å². The fraction of sp³-hybridized carbons (Fsp3) is 0.663. The predicted molar refractivity (Wildman–Crippen MR) is 519 cm³/mol. The van der Waals surface area contributed by atoms with E-state index in [2.05, 4.69) is 95.1 Å². The van der Waals surface area contributed by atoms with E-state index in [1.54, 1.807) is 39.5 Å². The van der Waals surface area contributed by atoms with Gasteiger partial charge in [0.05, 0.1) is 38.3 Å². The maximum absolute atomic E-state index is 15.1. The second-order valence-electron chi connectivity index (χ2n) is 36.2. The third-order valence-corrected chi connectivity index (χ3v) is 26.3. The number of thioether (sulfide) groups is 1. The number of rotatable bonds is 63. The topological polar surface area (TPSA) is 752 Å². The van der Waals surface area contributed by atoms with Crippen molar-refractivity contribution >= 4 is 130 Å². The van der Waals surface area contributed by atoms with Gasteiger partial charge in [0.1, 0.15) is 90.3 Å². The van der Waals surface area contributed by atoms with Gasteiger partial charge >= 0.3 is 18.0 Å². The molecule has 2 aromatic rings. The predicted octanol–water partition coefficient (Wildman–Crippen LogP) is -2.87. The van der Waals surface area contributed by atoms with Crippen LogP contribution in [-0.4, -0.2) is 306 Å². The highest BCUT2D eigenvalue weighted by Crippen LogP contribution is 2.33. The van der Waals surface area contributed by atoms with Crippen LogP contribution in [0.1, 0.15) is 201 Å². The highest BCUT2D eigenvalue weighted by Gasteiger charge is 2.45. The van der Waals surface area contributed by atoms with Crippen LogP contribution in [0.5, 0.6) is 5.75 Å². The molecule has 0 aromatic heterocycles. The number of azide groups is 1. The second kappa shape index (κ2) is 61.2. The Morgan fingerprint density at radius 2 is 0.957 bits per heavy atom. The molecule has 0 spiro atoms. The van der Waals surface area contributed by atoms with Crippen molar-refractivity contribution in [2.75, 3.05) is 71.3 Å². The summed E-state index contributed by atoms with van der Waals surface area (Å²) >= 11 is 1.77. The molecule has 28 N–H and O–H groups in total. The van der Waals surface area contributed by atoms with Gasteiger partial charge < -0.3 is 138 Å². The number of amides is 18. The van der Waals surface area contributed by atoms with Crippen molar-refractivity contribution in [2.24, 2.45) is 45.6 Å². The van der Waals surface area contributed by atoms with Gasteiger partial charge in [-0.25, -0.2) is 9.59 Å². The molecule has 0 aliphatic carbocycles. The Labute approximate surface area is 824 Å². The third-order valence-electron chi connectivity index (χ3n) is 24.8. The first-order valence-corrected chi connectivity index (χ1v) is 49.6. The number of hydrogen-bond donors (Lipinski definition) is 23. The van der Waals surface area contributed by atoms with Crippen LogP contribution in [0.2, 0.25) is 0 Å². The maximum atomic E-state index is 15.1. The van der Waals surface area contributed by atoms with Gasteiger partial charge in [-0.15, -0.1) is 0 Å². The zero-order valence-corrected chi connectivity index (χ0v) is 82.2. The van der Waals surface area contributed by atoms with Gasteiger partial charge in [-0.05, 0) is 216 Å². The number of nitrogens with two attached hydrogens (primary N) is 5. The Hall–Kier alpha value is -12.6. The fourth-order valence-electron chi connectivity index (χ4n) is 16.6. The molecule has 0 saturated carbocycles. The first-order chi connectivity index (χ1) is 67.3. The number of likely N-dealkylation sites (tertiary alicyclic amines) is 2. The third kappa shape index (κ3) is 39.1. The number of carbonyl (C=O) groups is 19. The zero-order valence-electron chi connectivity index (χ0n) is 81.4. The SMILES string of the molecule is CC[C@H](C)[C@H](NC(=O)[C@@H](NC(=O)[C@H](CCC(=O)O)NC(=O)[C@@H]1CCCN1C(=O)[C@H](C)NC(=O)CN)C(C)C)C(=O)N[C@@H](Cc1ccc(O)cc1)C(=O)N[C@@H](C)C(=O)N[C@@H](Cc1ccc(N=[N+]=[N-])cc1)C(=O)N1CCC[C@H]1C(=O)NCC(=O)N[C@@H](C)C(=O)N[C@@H](CCCCN)C(=O)N[C@@H](CCCCN)C(=O)N[C@@H](CCCCN)C(=O)NCC(=O)N[C@@H](CCCCN)C(=O)OCCCC[C@@H]1SC[C@@H]2NC(=O)N[C@@H]21. The van der Waals surface area contributed by atoms with Gasteiger partial charge in [-0.3, -0.25) is 81.5 Å². The molecule has 4 heterocycles. The highest BCUT2D eigenvalue weighted by molar-refractivity contribution is 8.00. The van der Waals surface area contributed by atoms with Crippen LogP contribution in [0, 0.1) is 11.8 Å². The van der Waals surface area contributed by atoms with Crippen molar-refractivity contribution in [2.45, 2.75) is 304 Å². The number of aromatic hydroxyl groups is 1. The number of urea groups is 1. The molecular weight excluding hydrogens is 1850 g/mol. The number of phenolic OH excluding ortho intramolecular Hbond substituents is 1. The molecule has 49 heteroatoms. The number of esters is 1. The minimum absolute atomic E-state index is 0.000998. The van der Waals surface area contributed by atoms with Crippen molar-refractivity contribution < 1.29 is 106 Å². The number of nitrogens with zero attached hydrogens (tertiary/aromatic N) is 5. The average molecular weight is 2000 g/mol. The van der Waals surface area contributed by atoms with Crippen LogP contribution < -0.4 is 114 Å². The van der Waals surface area contributed by atoms with Crippen LogP contribution in [0.4, 0.5) is 10.5 Å². The standard InChI is InChI=1S/C92H146N26O22S/c1-8-52(4)76(113-87(134)75(51(2)3)112-83(130)63(36-37-74(123)124)108-86(133)69-26-20-42-117(69)89(136)55(7)102-71(120)47-97)88(135)109-65(45-57-30-34-59(119)35-31-57)84(131)103-54(6)79(126)110-66(46-56-28-32-58(33-29-56)115-116-98)90(137)118-43-19-25-68(118)85(132)100-48-72(121)101-53(5)78(125)105-61(22-10-15-39-94)81(128)107-62(23-11-16-40-95)82(129)106-60(21-9-14-38-93)80(127)99-49-73(122)104-64(24-12-17-41-96)91(138)140-44-18-13-27-70-77-67(50-141-70)111-92(139)114-77/h28-35,51-55,60-70,75-77,119H,8-27,36-50,93-97H2,1-7H3,(H,99,127)(H,100,132)(H,101,121)(H,102,120)(H,103,131)(H,104,122)(H,105,125)(H,106,129)(H,107,128)(H,108,133)(H,109,135)(H,110,126)(H,112,130)(H,113,134)(H,123,124)(H2,111,114,139)/t52-,53-,54-,55-,60-,61-,62-,63-,64-,65-,66-,67-,68-,69-,70-,75-,76-,77-/m0/s1. The quantitative estimate of drug-likeness (QED) is 0.00790. The molecule has 4 aliphatic rings. The number of phenols is 1. The van der Waals surface area contributed by atoms with E-state index in [0.29, 0.717) is 81.9 Å². The van der Waals surface area contributed by atoms with E-state index in [1.165, 1.54) is 79.1 Å². The molecule has 6 rings (SSSR count). The lowest BCUT2D eigenvalue weighted by atomic mass is 9.95. The number of fused-ring (bicyclic) bond motifs is 1. The number of carboxylic acid groups (broad SMARTS) is 1. The highest BCUT2D eigenvalue weighted by atomic mass is 32.2. The molecule has 4 aliphatic heterocycles. The molecule has 18 amide bonds. The van der Waals surface area contributed by atoms with Crippen molar-refractivity contribution in [1.82, 2.24) is 94.9 Å². The maximum Gasteiger partial charge on any atom is 0.328 e. The van der Waals surface area contributed by atoms with E-state index in [9.17, 15) is 96.5 Å². The minimum atomic E-state index is -1.57. The summed E-state index contributed by atoms with van der Waals surface area (Å²) in [6.45, 7) is 9.96.